The van der Waals surface area contributed by atoms with E-state index in [0.29, 0.717) is 6.04 Å². The topological polar surface area (TPSA) is 43.8 Å². The Kier molecular flexibility index (Phi) is 2.02. The van der Waals surface area contributed by atoms with Crippen molar-refractivity contribution in [2.24, 2.45) is 0 Å². The zero-order chi connectivity index (χ0) is 9.42. The molecule has 2 N–H and O–H groups in total. The molecule has 1 aliphatic carbocycles. The van der Waals surface area contributed by atoms with Crippen LogP contribution in [0.1, 0.15) is 43.1 Å². The number of rotatable bonds is 1. The standard InChI is InChI=1S/C10H17N3/c1-7-10(11)8(2)13(12-7)9-5-3-4-6-9/h9H,3-6,11H2,1-2H3. The molecule has 0 atom stereocenters. The maximum atomic E-state index is 5.89. The van der Waals surface area contributed by atoms with E-state index in [-0.39, 0.29) is 0 Å². The van der Waals surface area contributed by atoms with E-state index in [0.717, 1.165) is 17.1 Å². The molecule has 1 aromatic heterocycles. The first kappa shape index (κ1) is 8.60. The highest BCUT2D eigenvalue weighted by molar-refractivity contribution is 5.47. The summed E-state index contributed by atoms with van der Waals surface area (Å²) >= 11 is 0. The van der Waals surface area contributed by atoms with Crippen molar-refractivity contribution < 1.29 is 0 Å². The molecule has 1 aromatic rings. The summed E-state index contributed by atoms with van der Waals surface area (Å²) in [5, 5.41) is 4.48. The predicted molar refractivity (Wildman–Crippen MR) is 53.6 cm³/mol. The highest BCUT2D eigenvalue weighted by atomic mass is 15.3. The van der Waals surface area contributed by atoms with E-state index < -0.39 is 0 Å². The van der Waals surface area contributed by atoms with E-state index in [9.17, 15) is 0 Å². The molecule has 1 heterocycles. The minimum Gasteiger partial charge on any atom is -0.396 e. The highest BCUT2D eigenvalue weighted by Gasteiger charge is 2.20. The van der Waals surface area contributed by atoms with Gasteiger partial charge in [0.05, 0.1) is 23.1 Å². The lowest BCUT2D eigenvalue weighted by Gasteiger charge is -2.11. The van der Waals surface area contributed by atoms with E-state index in [1.165, 1.54) is 25.7 Å². The molecule has 0 radical (unpaired) electrons. The summed E-state index contributed by atoms with van der Waals surface area (Å²) in [6.45, 7) is 4.04. The van der Waals surface area contributed by atoms with Crippen molar-refractivity contribution in [1.29, 1.82) is 0 Å². The van der Waals surface area contributed by atoms with Crippen molar-refractivity contribution >= 4 is 5.69 Å². The summed E-state index contributed by atoms with van der Waals surface area (Å²) in [6, 6.07) is 0.607. The molecule has 1 saturated carbocycles. The summed E-state index contributed by atoms with van der Waals surface area (Å²) in [4.78, 5) is 0. The molecular formula is C10H17N3. The molecule has 0 saturated heterocycles. The molecule has 3 nitrogen and oxygen atoms in total. The van der Waals surface area contributed by atoms with Crippen molar-refractivity contribution in [3.8, 4) is 0 Å². The van der Waals surface area contributed by atoms with Crippen molar-refractivity contribution in [2.75, 3.05) is 5.73 Å². The quantitative estimate of drug-likeness (QED) is 0.718. The number of aromatic nitrogens is 2. The SMILES string of the molecule is Cc1nn(C2CCCC2)c(C)c1N. The monoisotopic (exact) mass is 179 g/mol. The van der Waals surface area contributed by atoms with Crippen LogP contribution in [0.4, 0.5) is 5.69 Å². The summed E-state index contributed by atoms with van der Waals surface area (Å²) in [7, 11) is 0. The molecule has 0 amide bonds. The van der Waals surface area contributed by atoms with Gasteiger partial charge in [0, 0.05) is 0 Å². The van der Waals surface area contributed by atoms with Crippen molar-refractivity contribution in [3.05, 3.63) is 11.4 Å². The first-order chi connectivity index (χ1) is 6.20. The first-order valence-electron chi connectivity index (χ1n) is 5.01. The Morgan fingerprint density at radius 1 is 1.31 bits per heavy atom. The van der Waals surface area contributed by atoms with Gasteiger partial charge in [0.1, 0.15) is 0 Å². The molecule has 1 aliphatic rings. The maximum absolute atomic E-state index is 5.89. The van der Waals surface area contributed by atoms with Crippen molar-refractivity contribution in [2.45, 2.75) is 45.6 Å². The summed E-state index contributed by atoms with van der Waals surface area (Å²) < 4.78 is 2.12. The van der Waals surface area contributed by atoms with Crippen molar-refractivity contribution in [1.82, 2.24) is 9.78 Å². The van der Waals surface area contributed by atoms with Crippen molar-refractivity contribution in [3.63, 3.8) is 0 Å². The number of anilines is 1. The van der Waals surface area contributed by atoms with E-state index in [2.05, 4.69) is 16.7 Å². The first-order valence-corrected chi connectivity index (χ1v) is 5.01. The Morgan fingerprint density at radius 3 is 2.38 bits per heavy atom. The van der Waals surface area contributed by atoms with Gasteiger partial charge in [-0.15, -0.1) is 0 Å². The van der Waals surface area contributed by atoms with Crippen LogP contribution in [0.15, 0.2) is 0 Å². The van der Waals surface area contributed by atoms with Gasteiger partial charge in [0.15, 0.2) is 0 Å². The van der Waals surface area contributed by atoms with Gasteiger partial charge in [0.25, 0.3) is 0 Å². The molecule has 1 fully saturated rings. The normalized spacial score (nSPS) is 18.3. The third-order valence-corrected chi connectivity index (χ3v) is 3.05. The Morgan fingerprint density at radius 2 is 1.92 bits per heavy atom. The average molecular weight is 179 g/mol. The summed E-state index contributed by atoms with van der Waals surface area (Å²) in [6.07, 6.45) is 5.20. The number of nitrogens with two attached hydrogens (primary N) is 1. The second-order valence-electron chi connectivity index (χ2n) is 3.97. The summed E-state index contributed by atoms with van der Waals surface area (Å²) in [5.41, 5.74) is 8.87. The van der Waals surface area contributed by atoms with Gasteiger partial charge in [-0.3, -0.25) is 4.68 Å². The molecule has 0 spiro atoms. The largest absolute Gasteiger partial charge is 0.396 e. The average Bonchev–Trinajstić information content (AvgIpc) is 2.70. The van der Waals surface area contributed by atoms with Gasteiger partial charge in [-0.2, -0.15) is 5.10 Å². The third kappa shape index (κ3) is 1.32. The number of nitrogen functional groups attached to an aromatic ring is 1. The van der Waals surface area contributed by atoms with Gasteiger partial charge >= 0.3 is 0 Å². The smallest absolute Gasteiger partial charge is 0.0826 e. The highest BCUT2D eigenvalue weighted by Crippen LogP contribution is 2.31. The Bertz CT molecular complexity index is 308. The van der Waals surface area contributed by atoms with Crippen LogP contribution < -0.4 is 5.73 Å². The van der Waals surface area contributed by atoms with Gasteiger partial charge in [0.2, 0.25) is 0 Å². The van der Waals surface area contributed by atoms with E-state index in [1.807, 2.05) is 6.92 Å². The lowest BCUT2D eigenvalue weighted by Crippen LogP contribution is -2.08. The van der Waals surface area contributed by atoms with Crippen LogP contribution in [0.25, 0.3) is 0 Å². The molecule has 0 bridgehead atoms. The fraction of sp³-hybridized carbons (Fsp3) is 0.700. The van der Waals surface area contributed by atoms with Gasteiger partial charge in [-0.05, 0) is 26.7 Å². The van der Waals surface area contributed by atoms with Crippen LogP contribution in [-0.2, 0) is 0 Å². The number of hydrogen-bond acceptors (Lipinski definition) is 2. The molecule has 2 rings (SSSR count). The minimum atomic E-state index is 0.607. The molecule has 0 unspecified atom stereocenters. The Labute approximate surface area is 78.9 Å². The lowest BCUT2D eigenvalue weighted by molar-refractivity contribution is 0.455. The van der Waals surface area contributed by atoms with E-state index in [4.69, 9.17) is 5.73 Å². The molecule has 0 aliphatic heterocycles. The van der Waals surface area contributed by atoms with Crippen LogP contribution in [0.5, 0.6) is 0 Å². The number of hydrogen-bond donors (Lipinski definition) is 1. The third-order valence-electron chi connectivity index (χ3n) is 3.05. The van der Waals surface area contributed by atoms with E-state index >= 15 is 0 Å². The van der Waals surface area contributed by atoms with Crippen LogP contribution in [0.3, 0.4) is 0 Å². The van der Waals surface area contributed by atoms with Gasteiger partial charge < -0.3 is 5.73 Å². The minimum absolute atomic E-state index is 0.607. The fourth-order valence-corrected chi connectivity index (χ4v) is 2.18. The molecule has 3 heteroatoms. The van der Waals surface area contributed by atoms with Crippen LogP contribution in [0, 0.1) is 13.8 Å². The molecule has 72 valence electrons. The maximum Gasteiger partial charge on any atom is 0.0826 e. The lowest BCUT2D eigenvalue weighted by atomic mass is 10.2. The summed E-state index contributed by atoms with van der Waals surface area (Å²) in [5.74, 6) is 0. The Balaban J connectivity index is 2.34. The van der Waals surface area contributed by atoms with Crippen LogP contribution >= 0.6 is 0 Å². The zero-order valence-electron chi connectivity index (χ0n) is 8.38. The van der Waals surface area contributed by atoms with Crippen LogP contribution in [-0.4, -0.2) is 9.78 Å². The Hall–Kier alpha value is -0.990. The molecule has 0 aromatic carbocycles. The number of aryl methyl sites for hydroxylation is 1. The molecular weight excluding hydrogens is 162 g/mol. The fourth-order valence-electron chi connectivity index (χ4n) is 2.18. The van der Waals surface area contributed by atoms with Crippen LogP contribution in [0.2, 0.25) is 0 Å². The van der Waals surface area contributed by atoms with E-state index in [1.54, 1.807) is 0 Å². The predicted octanol–water partition coefficient (Wildman–Crippen LogP) is 2.20. The van der Waals surface area contributed by atoms with Gasteiger partial charge in [-0.1, -0.05) is 12.8 Å². The molecule has 13 heavy (non-hydrogen) atoms. The second kappa shape index (κ2) is 3.05. The zero-order valence-corrected chi connectivity index (χ0v) is 8.38. The number of nitrogens with zero attached hydrogens (tertiary/aromatic N) is 2. The second-order valence-corrected chi connectivity index (χ2v) is 3.97. The van der Waals surface area contributed by atoms with Gasteiger partial charge in [-0.25, -0.2) is 0 Å².